The molecule has 0 radical (unpaired) electrons. The van der Waals surface area contributed by atoms with Crippen molar-refractivity contribution in [3.05, 3.63) is 11.1 Å². The second-order valence-corrected chi connectivity index (χ2v) is 5.31. The number of aromatic nitrogens is 1. The van der Waals surface area contributed by atoms with Gasteiger partial charge in [-0.3, -0.25) is 0 Å². The van der Waals surface area contributed by atoms with Gasteiger partial charge in [-0.05, 0) is 6.42 Å². The van der Waals surface area contributed by atoms with Gasteiger partial charge in [-0.25, -0.2) is 4.98 Å². The lowest BCUT2D eigenvalue weighted by molar-refractivity contribution is 0.122. The molecule has 1 unspecified atom stereocenters. The SMILES string of the molecule is CCCC(N)Cc1csc(N2CCOCC2)n1. The van der Waals surface area contributed by atoms with E-state index >= 15 is 0 Å². The summed E-state index contributed by atoms with van der Waals surface area (Å²) >= 11 is 1.72. The molecule has 0 saturated carbocycles. The number of morpholine rings is 1. The predicted molar refractivity (Wildman–Crippen MR) is 71.7 cm³/mol. The zero-order valence-electron chi connectivity index (χ0n) is 10.4. The number of nitrogens with zero attached hydrogens (tertiary/aromatic N) is 2. The lowest BCUT2D eigenvalue weighted by atomic mass is 10.1. The molecule has 1 saturated heterocycles. The third-order valence-electron chi connectivity index (χ3n) is 2.95. The van der Waals surface area contributed by atoms with Crippen LogP contribution < -0.4 is 10.6 Å². The molecule has 2 rings (SSSR count). The lowest BCUT2D eigenvalue weighted by Gasteiger charge is -2.26. The van der Waals surface area contributed by atoms with Gasteiger partial charge in [-0.1, -0.05) is 13.3 Å². The number of anilines is 1. The summed E-state index contributed by atoms with van der Waals surface area (Å²) in [6.07, 6.45) is 3.11. The van der Waals surface area contributed by atoms with Gasteiger partial charge >= 0.3 is 0 Å². The number of ether oxygens (including phenoxy) is 1. The quantitative estimate of drug-likeness (QED) is 0.869. The zero-order chi connectivity index (χ0) is 12.1. The van der Waals surface area contributed by atoms with Crippen molar-refractivity contribution < 1.29 is 4.74 Å². The van der Waals surface area contributed by atoms with Crippen molar-refractivity contribution in [1.29, 1.82) is 0 Å². The van der Waals surface area contributed by atoms with E-state index in [1.165, 1.54) is 0 Å². The standard InChI is InChI=1S/C12H21N3OS/c1-2-3-10(13)8-11-9-17-12(14-11)15-4-6-16-7-5-15/h9-10H,2-8,13H2,1H3. The maximum atomic E-state index is 6.03. The highest BCUT2D eigenvalue weighted by Crippen LogP contribution is 2.22. The molecule has 17 heavy (non-hydrogen) atoms. The van der Waals surface area contributed by atoms with Crippen LogP contribution in [0.25, 0.3) is 0 Å². The molecule has 1 fully saturated rings. The van der Waals surface area contributed by atoms with Crippen molar-refractivity contribution in [2.45, 2.75) is 32.2 Å². The molecule has 0 amide bonds. The highest BCUT2D eigenvalue weighted by atomic mass is 32.1. The Balaban J connectivity index is 1.90. The van der Waals surface area contributed by atoms with Crippen LogP contribution in [0.5, 0.6) is 0 Å². The van der Waals surface area contributed by atoms with Crippen LogP contribution >= 0.6 is 11.3 Å². The Hall–Kier alpha value is -0.650. The number of thiazole rings is 1. The summed E-state index contributed by atoms with van der Waals surface area (Å²) in [6.45, 7) is 5.69. The largest absolute Gasteiger partial charge is 0.378 e. The van der Waals surface area contributed by atoms with Gasteiger partial charge in [-0.15, -0.1) is 11.3 Å². The average molecular weight is 255 g/mol. The van der Waals surface area contributed by atoms with Crippen molar-refractivity contribution in [1.82, 2.24) is 4.98 Å². The van der Waals surface area contributed by atoms with E-state index in [9.17, 15) is 0 Å². The van der Waals surface area contributed by atoms with E-state index in [4.69, 9.17) is 10.5 Å². The second kappa shape index (κ2) is 6.33. The van der Waals surface area contributed by atoms with Gasteiger partial charge < -0.3 is 15.4 Å². The van der Waals surface area contributed by atoms with E-state index in [0.717, 1.165) is 56.4 Å². The molecule has 0 aliphatic carbocycles. The van der Waals surface area contributed by atoms with Crippen molar-refractivity contribution >= 4 is 16.5 Å². The van der Waals surface area contributed by atoms with E-state index in [0.29, 0.717) is 0 Å². The average Bonchev–Trinajstić information content (AvgIpc) is 2.79. The van der Waals surface area contributed by atoms with E-state index in [1.807, 2.05) is 0 Å². The lowest BCUT2D eigenvalue weighted by Crippen LogP contribution is -2.36. The van der Waals surface area contributed by atoms with Crippen LogP contribution in [0.2, 0.25) is 0 Å². The Bertz CT molecular complexity index is 336. The van der Waals surface area contributed by atoms with Crippen molar-refractivity contribution in [2.75, 3.05) is 31.2 Å². The van der Waals surface area contributed by atoms with E-state index < -0.39 is 0 Å². The summed E-state index contributed by atoms with van der Waals surface area (Å²) in [5.41, 5.74) is 7.17. The van der Waals surface area contributed by atoms with Gasteiger partial charge in [0, 0.05) is 30.9 Å². The highest BCUT2D eigenvalue weighted by Gasteiger charge is 2.15. The molecule has 2 N–H and O–H groups in total. The molecule has 5 heteroatoms. The number of hydrogen-bond donors (Lipinski definition) is 1. The molecule has 0 spiro atoms. The van der Waals surface area contributed by atoms with Gasteiger partial charge in [0.2, 0.25) is 0 Å². The second-order valence-electron chi connectivity index (χ2n) is 4.47. The fourth-order valence-corrected chi connectivity index (χ4v) is 2.92. The van der Waals surface area contributed by atoms with Crippen molar-refractivity contribution in [3.63, 3.8) is 0 Å². The first kappa shape index (κ1) is 12.8. The molecule has 0 aromatic carbocycles. The first-order valence-electron chi connectivity index (χ1n) is 6.32. The Morgan fingerprint density at radius 2 is 2.29 bits per heavy atom. The number of nitrogens with two attached hydrogens (primary N) is 1. The van der Waals surface area contributed by atoms with Crippen LogP contribution in [0.1, 0.15) is 25.5 Å². The summed E-state index contributed by atoms with van der Waals surface area (Å²) in [4.78, 5) is 6.96. The van der Waals surface area contributed by atoms with Crippen LogP contribution in [-0.4, -0.2) is 37.3 Å². The van der Waals surface area contributed by atoms with Crippen LogP contribution in [0, 0.1) is 0 Å². The molecule has 2 heterocycles. The summed E-state index contributed by atoms with van der Waals surface area (Å²) in [7, 11) is 0. The monoisotopic (exact) mass is 255 g/mol. The van der Waals surface area contributed by atoms with E-state index in [2.05, 4.69) is 22.2 Å². The van der Waals surface area contributed by atoms with Gasteiger partial charge in [0.1, 0.15) is 0 Å². The first-order valence-corrected chi connectivity index (χ1v) is 7.20. The van der Waals surface area contributed by atoms with Gasteiger partial charge in [0.25, 0.3) is 0 Å². The molecule has 4 nitrogen and oxygen atoms in total. The topological polar surface area (TPSA) is 51.4 Å². The normalized spacial score (nSPS) is 18.4. The van der Waals surface area contributed by atoms with Crippen molar-refractivity contribution in [2.24, 2.45) is 5.73 Å². The van der Waals surface area contributed by atoms with Gasteiger partial charge in [-0.2, -0.15) is 0 Å². The summed E-state index contributed by atoms with van der Waals surface area (Å²) < 4.78 is 5.34. The summed E-state index contributed by atoms with van der Waals surface area (Å²) in [5, 5.41) is 3.26. The summed E-state index contributed by atoms with van der Waals surface area (Å²) in [6, 6.07) is 0.250. The maximum Gasteiger partial charge on any atom is 0.185 e. The van der Waals surface area contributed by atoms with Crippen LogP contribution in [0.4, 0.5) is 5.13 Å². The van der Waals surface area contributed by atoms with Crippen LogP contribution in [0.15, 0.2) is 5.38 Å². The van der Waals surface area contributed by atoms with Crippen LogP contribution in [-0.2, 0) is 11.2 Å². The van der Waals surface area contributed by atoms with Gasteiger partial charge in [0.05, 0.1) is 18.9 Å². The molecular weight excluding hydrogens is 234 g/mol. The summed E-state index contributed by atoms with van der Waals surface area (Å²) in [5.74, 6) is 0. The first-order chi connectivity index (χ1) is 8.29. The Labute approximate surface area is 107 Å². The molecule has 96 valence electrons. The van der Waals surface area contributed by atoms with Crippen LogP contribution in [0.3, 0.4) is 0 Å². The fourth-order valence-electron chi connectivity index (χ4n) is 2.03. The molecule has 1 aliphatic rings. The molecule has 0 bridgehead atoms. The fraction of sp³-hybridized carbons (Fsp3) is 0.750. The van der Waals surface area contributed by atoms with Gasteiger partial charge in [0.15, 0.2) is 5.13 Å². The molecule has 1 aromatic rings. The Kier molecular flexibility index (Phi) is 4.76. The number of hydrogen-bond acceptors (Lipinski definition) is 5. The Morgan fingerprint density at radius 3 is 3.00 bits per heavy atom. The van der Waals surface area contributed by atoms with Crippen molar-refractivity contribution in [3.8, 4) is 0 Å². The van der Waals surface area contributed by atoms with E-state index in [-0.39, 0.29) is 6.04 Å². The third-order valence-corrected chi connectivity index (χ3v) is 3.90. The third kappa shape index (κ3) is 3.66. The predicted octanol–water partition coefficient (Wildman–Crippen LogP) is 1.65. The smallest absolute Gasteiger partial charge is 0.185 e. The molecule has 1 atom stereocenters. The zero-order valence-corrected chi connectivity index (χ0v) is 11.2. The number of rotatable bonds is 5. The minimum atomic E-state index is 0.250. The minimum Gasteiger partial charge on any atom is -0.378 e. The van der Waals surface area contributed by atoms with E-state index in [1.54, 1.807) is 11.3 Å². The Morgan fingerprint density at radius 1 is 1.53 bits per heavy atom. The maximum absolute atomic E-state index is 6.03. The highest BCUT2D eigenvalue weighted by molar-refractivity contribution is 7.13. The minimum absolute atomic E-state index is 0.250. The molecule has 1 aliphatic heterocycles. The molecule has 1 aromatic heterocycles. The molecular formula is C12H21N3OS.